The molecular weight excluding hydrogens is 125 g/mol. The number of rotatable bonds is 2. The summed E-state index contributed by atoms with van der Waals surface area (Å²) in [5.74, 6) is 0. The van der Waals surface area contributed by atoms with Crippen LogP contribution in [-0.4, -0.2) is 30.8 Å². The van der Waals surface area contributed by atoms with Crippen molar-refractivity contribution >= 4 is 6.29 Å². The monoisotopic (exact) mass is 137 g/mol. The van der Waals surface area contributed by atoms with Crippen molar-refractivity contribution in [1.29, 1.82) is 0 Å². The van der Waals surface area contributed by atoms with Crippen LogP contribution in [-0.2, 0) is 4.79 Å². The Morgan fingerprint density at radius 1 is 1.44 bits per heavy atom. The number of carbonyl (C=O) groups is 1. The molecule has 0 bridgehead atoms. The quantitative estimate of drug-likeness (QED) is 0.307. The summed E-state index contributed by atoms with van der Waals surface area (Å²) in [4.78, 5) is 12.1. The van der Waals surface area contributed by atoms with Crippen LogP contribution < -0.4 is 29.6 Å². The van der Waals surface area contributed by atoms with Gasteiger partial charge in [0.05, 0.1) is 6.54 Å². The van der Waals surface area contributed by atoms with Crippen molar-refractivity contribution < 1.29 is 35.8 Å². The van der Waals surface area contributed by atoms with E-state index in [9.17, 15) is 4.79 Å². The molecule has 0 aliphatic carbocycles. The van der Waals surface area contributed by atoms with Crippen molar-refractivity contribution in [3.8, 4) is 0 Å². The topological polar surface area (TPSA) is 20.3 Å². The van der Waals surface area contributed by atoms with Gasteiger partial charge in [-0.25, -0.2) is 0 Å². The van der Waals surface area contributed by atoms with Gasteiger partial charge in [-0.1, -0.05) is 0 Å². The van der Waals surface area contributed by atoms with E-state index in [0.717, 1.165) is 19.4 Å². The molecule has 2 nitrogen and oxygen atoms in total. The van der Waals surface area contributed by atoms with Gasteiger partial charge in [-0.15, -0.1) is 0 Å². The van der Waals surface area contributed by atoms with Gasteiger partial charge in [-0.2, -0.15) is 0 Å². The Bertz CT molecular complexity index is 85.8. The van der Waals surface area contributed by atoms with Crippen LogP contribution in [0.15, 0.2) is 0 Å². The first kappa shape index (κ1) is 9.63. The molecule has 0 radical (unpaired) electrons. The zero-order chi connectivity index (χ0) is 5.82. The third-order valence-corrected chi connectivity index (χ3v) is 1.53. The molecule has 1 aliphatic heterocycles. The molecule has 3 heteroatoms. The molecule has 0 aromatic rings. The molecule has 0 amide bonds. The first-order chi connectivity index (χ1) is 3.93. The van der Waals surface area contributed by atoms with Gasteiger partial charge in [-0.05, 0) is 25.9 Å². The van der Waals surface area contributed by atoms with Crippen LogP contribution >= 0.6 is 0 Å². The maximum absolute atomic E-state index is 9.92. The molecular formula is C6H12NNaO. The number of nitrogens with zero attached hydrogens (tertiary/aromatic N) is 1. The second-order valence-electron chi connectivity index (χ2n) is 2.17. The maximum atomic E-state index is 9.92. The van der Waals surface area contributed by atoms with Crippen LogP contribution in [0, 0.1) is 0 Å². The van der Waals surface area contributed by atoms with Gasteiger partial charge in [0.1, 0.15) is 6.29 Å². The van der Waals surface area contributed by atoms with E-state index >= 15 is 0 Å². The van der Waals surface area contributed by atoms with E-state index in [-0.39, 0.29) is 31.0 Å². The van der Waals surface area contributed by atoms with Crippen molar-refractivity contribution in [2.24, 2.45) is 0 Å². The smallest absolute Gasteiger partial charge is 1.00 e. The van der Waals surface area contributed by atoms with Gasteiger partial charge in [0, 0.05) is 0 Å². The molecule has 0 unspecified atom stereocenters. The molecule has 48 valence electrons. The second-order valence-corrected chi connectivity index (χ2v) is 2.17. The first-order valence-corrected chi connectivity index (χ1v) is 3.09. The predicted octanol–water partition coefficient (Wildman–Crippen LogP) is -2.60. The Morgan fingerprint density at radius 2 is 2.00 bits per heavy atom. The van der Waals surface area contributed by atoms with Crippen LogP contribution in [0.5, 0.6) is 0 Å². The molecule has 0 spiro atoms. The zero-order valence-electron chi connectivity index (χ0n) is 6.97. The fraction of sp³-hybridized carbons (Fsp3) is 0.833. The van der Waals surface area contributed by atoms with Crippen LogP contribution in [0.4, 0.5) is 0 Å². The Hall–Kier alpha value is 0.630. The molecule has 1 aliphatic rings. The van der Waals surface area contributed by atoms with E-state index in [4.69, 9.17) is 0 Å². The van der Waals surface area contributed by atoms with Gasteiger partial charge in [0.25, 0.3) is 0 Å². The summed E-state index contributed by atoms with van der Waals surface area (Å²) in [6.45, 7) is 2.89. The Balaban J connectivity index is 0. The molecule has 0 saturated carbocycles. The summed E-state index contributed by atoms with van der Waals surface area (Å²) in [6, 6.07) is 0. The number of aldehydes is 1. The minimum absolute atomic E-state index is 0. The number of likely N-dealkylation sites (tertiary alicyclic amines) is 1. The van der Waals surface area contributed by atoms with Crippen molar-refractivity contribution in [3.05, 3.63) is 0 Å². The molecule has 0 N–H and O–H groups in total. The van der Waals surface area contributed by atoms with Gasteiger partial charge < -0.3 is 6.22 Å². The molecule has 1 rings (SSSR count). The van der Waals surface area contributed by atoms with Crippen molar-refractivity contribution in [2.45, 2.75) is 12.8 Å². The number of hydrogen-bond acceptors (Lipinski definition) is 2. The minimum Gasteiger partial charge on any atom is -1.00 e. The van der Waals surface area contributed by atoms with Gasteiger partial charge >= 0.3 is 29.6 Å². The summed E-state index contributed by atoms with van der Waals surface area (Å²) in [5, 5.41) is 0. The van der Waals surface area contributed by atoms with Crippen LogP contribution in [0.3, 0.4) is 0 Å². The number of hydrogen-bond donors (Lipinski definition) is 0. The fourth-order valence-electron chi connectivity index (χ4n) is 1.07. The zero-order valence-corrected chi connectivity index (χ0v) is 7.97. The third-order valence-electron chi connectivity index (χ3n) is 1.53. The van der Waals surface area contributed by atoms with E-state index in [2.05, 4.69) is 4.90 Å². The molecule has 0 atom stereocenters. The summed E-state index contributed by atoms with van der Waals surface area (Å²) < 4.78 is 0. The summed E-state index contributed by atoms with van der Waals surface area (Å²) >= 11 is 0. The van der Waals surface area contributed by atoms with E-state index < -0.39 is 0 Å². The van der Waals surface area contributed by atoms with Crippen LogP contribution in [0.25, 0.3) is 0 Å². The van der Waals surface area contributed by atoms with Crippen molar-refractivity contribution in [3.63, 3.8) is 0 Å². The van der Waals surface area contributed by atoms with Crippen LogP contribution in [0.2, 0.25) is 0 Å². The average Bonchev–Trinajstić information content (AvgIpc) is 2.19. The van der Waals surface area contributed by atoms with E-state index in [1.165, 1.54) is 12.8 Å². The fourth-order valence-corrected chi connectivity index (χ4v) is 1.07. The molecule has 1 heterocycles. The predicted molar refractivity (Wildman–Crippen MR) is 32.8 cm³/mol. The molecule has 0 aromatic heterocycles. The first-order valence-electron chi connectivity index (χ1n) is 3.09. The van der Waals surface area contributed by atoms with E-state index in [1.807, 2.05) is 0 Å². The summed E-state index contributed by atoms with van der Waals surface area (Å²) in [5.41, 5.74) is 0. The van der Waals surface area contributed by atoms with Gasteiger partial charge in [-0.3, -0.25) is 4.90 Å². The standard InChI is InChI=1S/C6H11NO.Na.H/c8-6-5-7-3-1-2-4-7;;/h6H,1-5H2;;/q;+1;-1. The Kier molecular flexibility index (Phi) is 5.80. The largest absolute Gasteiger partial charge is 1.00 e. The second kappa shape index (κ2) is 5.42. The normalized spacial score (nSPS) is 19.1. The van der Waals surface area contributed by atoms with Gasteiger partial charge in [0.15, 0.2) is 0 Å². The Labute approximate surface area is 79.4 Å². The summed E-state index contributed by atoms with van der Waals surface area (Å²) in [7, 11) is 0. The SMILES string of the molecule is O=CCN1CCCC1.[H-].[Na+]. The molecule has 0 aromatic carbocycles. The minimum atomic E-state index is 0. The van der Waals surface area contributed by atoms with Crippen LogP contribution in [0.1, 0.15) is 14.3 Å². The number of carbonyl (C=O) groups excluding carboxylic acids is 1. The average molecular weight is 137 g/mol. The van der Waals surface area contributed by atoms with Crippen molar-refractivity contribution in [2.75, 3.05) is 19.6 Å². The molecule has 9 heavy (non-hydrogen) atoms. The van der Waals surface area contributed by atoms with E-state index in [0.29, 0.717) is 6.54 Å². The molecule has 1 saturated heterocycles. The van der Waals surface area contributed by atoms with Gasteiger partial charge in [0.2, 0.25) is 0 Å². The van der Waals surface area contributed by atoms with Crippen molar-refractivity contribution in [1.82, 2.24) is 4.90 Å². The van der Waals surface area contributed by atoms with E-state index in [1.54, 1.807) is 0 Å². The summed E-state index contributed by atoms with van der Waals surface area (Å²) in [6.07, 6.45) is 3.52. The maximum Gasteiger partial charge on any atom is 1.00 e. The third kappa shape index (κ3) is 3.36. The molecule has 1 fully saturated rings. The Morgan fingerprint density at radius 3 is 2.44 bits per heavy atom.